The minimum Gasteiger partial charge on any atom is -0.0807 e. The summed E-state index contributed by atoms with van der Waals surface area (Å²) in [6, 6.07) is 0. The molecule has 0 saturated heterocycles. The maximum absolute atomic E-state index is 3.15. The topological polar surface area (TPSA) is 0 Å². The summed E-state index contributed by atoms with van der Waals surface area (Å²) < 4.78 is 0. The zero-order chi connectivity index (χ0) is 8.49. The molecule has 12 heavy (non-hydrogen) atoms. The molecule has 0 nitrogen and oxygen atoms in total. The van der Waals surface area contributed by atoms with Crippen molar-refractivity contribution in [3.05, 3.63) is 60.8 Å². The number of rotatable bonds is 0. The fourth-order valence-electron chi connectivity index (χ4n) is 0.861. The Hall–Kier alpha value is -1.30. The van der Waals surface area contributed by atoms with Crippen LogP contribution in [0.15, 0.2) is 54.7 Å². The van der Waals surface area contributed by atoms with Crippen LogP contribution in [-0.4, -0.2) is 0 Å². The van der Waals surface area contributed by atoms with Crippen molar-refractivity contribution in [2.75, 3.05) is 0 Å². The van der Waals surface area contributed by atoms with E-state index in [1.54, 1.807) is 0 Å². The van der Waals surface area contributed by atoms with Crippen LogP contribution >= 0.6 is 0 Å². The van der Waals surface area contributed by atoms with Crippen molar-refractivity contribution in [1.29, 1.82) is 0 Å². The van der Waals surface area contributed by atoms with Crippen LogP contribution in [0.25, 0.3) is 0 Å². The van der Waals surface area contributed by atoms with Crippen molar-refractivity contribution in [2.45, 2.75) is 12.8 Å². The van der Waals surface area contributed by atoms with Crippen LogP contribution in [-0.2, 0) is 0 Å². The summed E-state index contributed by atoms with van der Waals surface area (Å²) >= 11 is 0. The Balaban J connectivity index is 2.55. The highest BCUT2D eigenvalue weighted by Gasteiger charge is 1.72. The molecular formula is C12H13. The predicted molar refractivity (Wildman–Crippen MR) is 53.6 cm³/mol. The predicted octanol–water partition coefficient (Wildman–Crippen LogP) is 3.36. The molecule has 0 amide bonds. The van der Waals surface area contributed by atoms with Gasteiger partial charge in [0.2, 0.25) is 0 Å². The van der Waals surface area contributed by atoms with Crippen molar-refractivity contribution in [3.8, 4) is 0 Å². The molecule has 0 atom stereocenters. The largest absolute Gasteiger partial charge is 0.0807 e. The highest BCUT2D eigenvalue weighted by Crippen LogP contribution is 1.92. The quantitative estimate of drug-likeness (QED) is 0.505. The monoisotopic (exact) mass is 157 g/mol. The molecule has 1 rings (SSSR count). The zero-order valence-corrected chi connectivity index (χ0v) is 7.11. The second kappa shape index (κ2) is 6.41. The normalized spacial score (nSPS) is 17.3. The lowest BCUT2D eigenvalue weighted by Crippen LogP contribution is -1.62. The van der Waals surface area contributed by atoms with Crippen molar-refractivity contribution >= 4 is 0 Å². The van der Waals surface area contributed by atoms with E-state index in [9.17, 15) is 0 Å². The van der Waals surface area contributed by atoms with Gasteiger partial charge in [0.15, 0.2) is 0 Å². The van der Waals surface area contributed by atoms with Crippen LogP contribution in [0, 0.1) is 6.08 Å². The van der Waals surface area contributed by atoms with E-state index in [4.69, 9.17) is 0 Å². The standard InChI is InChI=1S/C12H13/c1-2-4-6-8-10-12-11-9-7-5-3-1/h1-6,9,11-12H,7-8H2. The van der Waals surface area contributed by atoms with Gasteiger partial charge in [-0.2, -0.15) is 0 Å². The van der Waals surface area contributed by atoms with Gasteiger partial charge in [0.1, 0.15) is 0 Å². The summed E-state index contributed by atoms with van der Waals surface area (Å²) in [5.74, 6) is 0. The highest BCUT2D eigenvalue weighted by molar-refractivity contribution is 5.14. The Bertz CT molecular complexity index is 211. The molecule has 0 aromatic heterocycles. The molecule has 0 unspecified atom stereocenters. The lowest BCUT2D eigenvalue weighted by molar-refractivity contribution is 1.33. The van der Waals surface area contributed by atoms with Crippen molar-refractivity contribution in [3.63, 3.8) is 0 Å². The smallest absolute Gasteiger partial charge is 0.00915 e. The number of allylic oxidation sites excluding steroid dienone is 10. The Morgan fingerprint density at radius 2 is 1.50 bits per heavy atom. The van der Waals surface area contributed by atoms with E-state index in [0.717, 1.165) is 12.8 Å². The van der Waals surface area contributed by atoms with Gasteiger partial charge in [-0.25, -0.2) is 0 Å². The third-order valence-electron chi connectivity index (χ3n) is 1.46. The van der Waals surface area contributed by atoms with Gasteiger partial charge in [-0.3, -0.25) is 0 Å². The van der Waals surface area contributed by atoms with E-state index in [2.05, 4.69) is 30.4 Å². The minimum absolute atomic E-state index is 0.887. The van der Waals surface area contributed by atoms with Crippen LogP contribution < -0.4 is 0 Å². The summed E-state index contributed by atoms with van der Waals surface area (Å²) in [7, 11) is 0. The van der Waals surface area contributed by atoms with E-state index in [0.29, 0.717) is 0 Å². The highest BCUT2D eigenvalue weighted by atomic mass is 13.8. The van der Waals surface area contributed by atoms with Gasteiger partial charge in [-0.05, 0) is 18.9 Å². The molecule has 0 spiro atoms. The first kappa shape index (κ1) is 8.79. The summed E-state index contributed by atoms with van der Waals surface area (Å²) in [5.41, 5.74) is 0. The van der Waals surface area contributed by atoms with Crippen molar-refractivity contribution < 1.29 is 0 Å². The SMILES string of the molecule is [C]1=CC=CCC=CC=CC=CC1. The van der Waals surface area contributed by atoms with Crippen LogP contribution in [0.4, 0.5) is 0 Å². The number of hydrogen-bond acceptors (Lipinski definition) is 0. The molecule has 0 aromatic rings. The molecular weight excluding hydrogens is 144 g/mol. The Kier molecular flexibility index (Phi) is 4.70. The number of hydrogen-bond donors (Lipinski definition) is 0. The Labute approximate surface area is 74.3 Å². The summed E-state index contributed by atoms with van der Waals surface area (Å²) in [4.78, 5) is 0. The average Bonchev–Trinajstić information content (AvgIpc) is 2.05. The van der Waals surface area contributed by atoms with Gasteiger partial charge in [0, 0.05) is 0 Å². The van der Waals surface area contributed by atoms with Gasteiger partial charge in [-0.1, -0.05) is 54.7 Å². The first-order valence-corrected chi connectivity index (χ1v) is 4.20. The third kappa shape index (κ3) is 4.51. The fraction of sp³-hybridized carbons (Fsp3) is 0.167. The molecule has 0 bridgehead atoms. The summed E-state index contributed by atoms with van der Waals surface area (Å²) in [5, 5.41) is 0. The summed E-state index contributed by atoms with van der Waals surface area (Å²) in [6.07, 6.45) is 23.5. The van der Waals surface area contributed by atoms with E-state index < -0.39 is 0 Å². The van der Waals surface area contributed by atoms with E-state index in [1.165, 1.54) is 0 Å². The molecule has 1 aliphatic carbocycles. The van der Waals surface area contributed by atoms with Gasteiger partial charge < -0.3 is 0 Å². The van der Waals surface area contributed by atoms with Crippen LogP contribution in [0.3, 0.4) is 0 Å². The summed E-state index contributed by atoms with van der Waals surface area (Å²) in [6.45, 7) is 0. The van der Waals surface area contributed by atoms with E-state index in [1.807, 2.05) is 30.4 Å². The molecule has 0 fully saturated rings. The fourth-order valence-corrected chi connectivity index (χ4v) is 0.861. The molecule has 1 aliphatic rings. The maximum Gasteiger partial charge on any atom is -0.00915 e. The minimum atomic E-state index is 0.887. The first-order chi connectivity index (χ1) is 6.00. The Morgan fingerprint density at radius 1 is 0.750 bits per heavy atom. The third-order valence-corrected chi connectivity index (χ3v) is 1.46. The molecule has 1 radical (unpaired) electrons. The van der Waals surface area contributed by atoms with Gasteiger partial charge in [-0.15, -0.1) is 0 Å². The van der Waals surface area contributed by atoms with Crippen LogP contribution in [0.2, 0.25) is 0 Å². The van der Waals surface area contributed by atoms with E-state index >= 15 is 0 Å². The first-order valence-electron chi connectivity index (χ1n) is 4.20. The van der Waals surface area contributed by atoms with Gasteiger partial charge in [0.05, 0.1) is 0 Å². The molecule has 0 heterocycles. The van der Waals surface area contributed by atoms with Crippen LogP contribution in [0.5, 0.6) is 0 Å². The van der Waals surface area contributed by atoms with Crippen LogP contribution in [0.1, 0.15) is 12.8 Å². The van der Waals surface area contributed by atoms with Gasteiger partial charge >= 0.3 is 0 Å². The second-order valence-corrected chi connectivity index (χ2v) is 2.48. The molecule has 61 valence electrons. The lowest BCUT2D eigenvalue weighted by atomic mass is 10.2. The van der Waals surface area contributed by atoms with E-state index in [-0.39, 0.29) is 0 Å². The lowest BCUT2D eigenvalue weighted by Gasteiger charge is -1.82. The molecule has 0 aromatic carbocycles. The molecule has 0 saturated carbocycles. The second-order valence-electron chi connectivity index (χ2n) is 2.48. The van der Waals surface area contributed by atoms with Gasteiger partial charge in [0.25, 0.3) is 0 Å². The average molecular weight is 157 g/mol. The Morgan fingerprint density at radius 3 is 2.42 bits per heavy atom. The molecule has 0 heteroatoms. The van der Waals surface area contributed by atoms with Crippen molar-refractivity contribution in [2.24, 2.45) is 0 Å². The molecule has 0 aliphatic heterocycles. The van der Waals surface area contributed by atoms with Crippen molar-refractivity contribution in [1.82, 2.24) is 0 Å². The maximum atomic E-state index is 3.15. The zero-order valence-electron chi connectivity index (χ0n) is 7.11. The molecule has 0 N–H and O–H groups in total.